The monoisotopic (exact) mass is 152 g/mol. The summed E-state index contributed by atoms with van der Waals surface area (Å²) in [4.78, 5) is 14.0. The number of hydrogen-bond donors (Lipinski definition) is 2. The number of ketones is 1. The number of aromatic nitrogens is 1. The van der Waals surface area contributed by atoms with Crippen LogP contribution in [0.1, 0.15) is 23.2 Å². The normalized spacial score (nSPS) is 9.91. The SMILES string of the molecule is NCCCC(=O)c1cc[nH]c1. The second kappa shape index (κ2) is 3.93. The van der Waals surface area contributed by atoms with Gasteiger partial charge < -0.3 is 10.7 Å². The van der Waals surface area contributed by atoms with Gasteiger partial charge in [-0.3, -0.25) is 4.79 Å². The standard InChI is InChI=1S/C8H12N2O/c9-4-1-2-8(11)7-3-5-10-6-7/h3,5-6,10H,1-2,4,9H2. The van der Waals surface area contributed by atoms with Crippen molar-refractivity contribution in [2.24, 2.45) is 5.73 Å². The molecule has 0 aromatic carbocycles. The van der Waals surface area contributed by atoms with Crippen LogP contribution in [-0.4, -0.2) is 17.3 Å². The lowest BCUT2D eigenvalue weighted by atomic mass is 10.1. The summed E-state index contributed by atoms with van der Waals surface area (Å²) >= 11 is 0. The Balaban J connectivity index is 2.43. The van der Waals surface area contributed by atoms with Gasteiger partial charge in [0.2, 0.25) is 0 Å². The number of carbonyl (C=O) groups is 1. The van der Waals surface area contributed by atoms with Gasteiger partial charge in [-0.15, -0.1) is 0 Å². The predicted molar refractivity (Wildman–Crippen MR) is 43.4 cm³/mol. The van der Waals surface area contributed by atoms with Crippen LogP contribution in [0.15, 0.2) is 18.5 Å². The Kier molecular flexibility index (Phi) is 2.86. The molecule has 11 heavy (non-hydrogen) atoms. The van der Waals surface area contributed by atoms with Crippen molar-refractivity contribution in [3.8, 4) is 0 Å². The van der Waals surface area contributed by atoms with Crippen LogP contribution in [0, 0.1) is 0 Å². The molecular formula is C8H12N2O. The summed E-state index contributed by atoms with van der Waals surface area (Å²) in [6.45, 7) is 0.580. The van der Waals surface area contributed by atoms with E-state index < -0.39 is 0 Å². The Morgan fingerprint density at radius 2 is 2.45 bits per heavy atom. The van der Waals surface area contributed by atoms with Crippen molar-refractivity contribution in [1.29, 1.82) is 0 Å². The van der Waals surface area contributed by atoms with E-state index in [0.29, 0.717) is 13.0 Å². The highest BCUT2D eigenvalue weighted by atomic mass is 16.1. The third-order valence-electron chi connectivity index (χ3n) is 1.53. The van der Waals surface area contributed by atoms with Crippen molar-refractivity contribution < 1.29 is 4.79 Å². The summed E-state index contributed by atoms with van der Waals surface area (Å²) in [6.07, 6.45) is 4.77. The molecule has 1 aromatic heterocycles. The minimum Gasteiger partial charge on any atom is -0.367 e. The highest BCUT2D eigenvalue weighted by molar-refractivity contribution is 5.95. The molecule has 0 radical (unpaired) electrons. The lowest BCUT2D eigenvalue weighted by Crippen LogP contribution is -2.03. The van der Waals surface area contributed by atoms with E-state index in [1.165, 1.54) is 0 Å². The molecule has 1 heterocycles. The number of H-pyrrole nitrogens is 1. The van der Waals surface area contributed by atoms with Crippen LogP contribution in [0.2, 0.25) is 0 Å². The van der Waals surface area contributed by atoms with E-state index in [9.17, 15) is 4.79 Å². The molecule has 0 unspecified atom stereocenters. The molecule has 3 nitrogen and oxygen atoms in total. The quantitative estimate of drug-likeness (QED) is 0.631. The maximum absolute atomic E-state index is 11.2. The Labute approximate surface area is 65.6 Å². The number of rotatable bonds is 4. The zero-order chi connectivity index (χ0) is 8.10. The summed E-state index contributed by atoms with van der Waals surface area (Å²) in [5, 5.41) is 0. The summed E-state index contributed by atoms with van der Waals surface area (Å²) in [5.41, 5.74) is 6.02. The van der Waals surface area contributed by atoms with Gasteiger partial charge >= 0.3 is 0 Å². The van der Waals surface area contributed by atoms with Gasteiger partial charge in [-0.05, 0) is 19.0 Å². The van der Waals surface area contributed by atoms with Crippen molar-refractivity contribution in [2.75, 3.05) is 6.54 Å². The second-order valence-electron chi connectivity index (χ2n) is 2.42. The van der Waals surface area contributed by atoms with E-state index in [4.69, 9.17) is 5.73 Å². The fourth-order valence-electron chi connectivity index (χ4n) is 0.904. The van der Waals surface area contributed by atoms with Crippen LogP contribution in [-0.2, 0) is 0 Å². The summed E-state index contributed by atoms with van der Waals surface area (Å²) in [7, 11) is 0. The first-order valence-corrected chi connectivity index (χ1v) is 3.70. The van der Waals surface area contributed by atoms with Gasteiger partial charge in [-0.25, -0.2) is 0 Å². The molecule has 60 valence electrons. The van der Waals surface area contributed by atoms with Crippen LogP contribution in [0.4, 0.5) is 0 Å². The van der Waals surface area contributed by atoms with Crippen molar-refractivity contribution >= 4 is 5.78 Å². The lowest BCUT2D eigenvalue weighted by molar-refractivity contribution is 0.0981. The number of nitrogens with two attached hydrogens (primary N) is 1. The molecule has 0 spiro atoms. The third kappa shape index (κ3) is 2.20. The largest absolute Gasteiger partial charge is 0.367 e. The molecule has 0 atom stereocenters. The van der Waals surface area contributed by atoms with Gasteiger partial charge in [0.05, 0.1) is 0 Å². The highest BCUT2D eigenvalue weighted by Crippen LogP contribution is 2.02. The average molecular weight is 152 g/mol. The number of aromatic amines is 1. The molecule has 0 aliphatic carbocycles. The fraction of sp³-hybridized carbons (Fsp3) is 0.375. The minimum absolute atomic E-state index is 0.164. The predicted octanol–water partition coefficient (Wildman–Crippen LogP) is 0.936. The molecule has 0 aliphatic heterocycles. The molecular weight excluding hydrogens is 140 g/mol. The minimum atomic E-state index is 0.164. The Hall–Kier alpha value is -1.09. The van der Waals surface area contributed by atoms with Crippen LogP contribution in [0.25, 0.3) is 0 Å². The fourth-order valence-corrected chi connectivity index (χ4v) is 0.904. The van der Waals surface area contributed by atoms with Gasteiger partial charge in [0, 0.05) is 24.4 Å². The van der Waals surface area contributed by atoms with Crippen molar-refractivity contribution in [3.05, 3.63) is 24.0 Å². The van der Waals surface area contributed by atoms with Crippen molar-refractivity contribution in [2.45, 2.75) is 12.8 Å². The third-order valence-corrected chi connectivity index (χ3v) is 1.53. The maximum atomic E-state index is 11.2. The Bertz CT molecular complexity index is 216. The number of nitrogens with one attached hydrogen (secondary N) is 1. The van der Waals surface area contributed by atoms with Gasteiger partial charge in [-0.2, -0.15) is 0 Å². The van der Waals surface area contributed by atoms with Crippen LogP contribution < -0.4 is 5.73 Å². The first-order chi connectivity index (χ1) is 5.34. The van der Waals surface area contributed by atoms with Gasteiger partial charge in [0.25, 0.3) is 0 Å². The van der Waals surface area contributed by atoms with Crippen LogP contribution in [0.3, 0.4) is 0 Å². The molecule has 1 aromatic rings. The lowest BCUT2D eigenvalue weighted by Gasteiger charge is -1.93. The van der Waals surface area contributed by atoms with E-state index in [1.54, 1.807) is 18.5 Å². The van der Waals surface area contributed by atoms with E-state index in [2.05, 4.69) is 4.98 Å². The first-order valence-electron chi connectivity index (χ1n) is 3.70. The summed E-state index contributed by atoms with van der Waals surface area (Å²) < 4.78 is 0. The Morgan fingerprint density at radius 1 is 1.64 bits per heavy atom. The van der Waals surface area contributed by atoms with E-state index in [0.717, 1.165) is 12.0 Å². The van der Waals surface area contributed by atoms with Crippen LogP contribution >= 0.6 is 0 Å². The number of carbonyl (C=O) groups excluding carboxylic acids is 1. The van der Waals surface area contributed by atoms with Crippen LogP contribution in [0.5, 0.6) is 0 Å². The number of hydrogen-bond acceptors (Lipinski definition) is 2. The van der Waals surface area contributed by atoms with Crippen molar-refractivity contribution in [3.63, 3.8) is 0 Å². The zero-order valence-electron chi connectivity index (χ0n) is 6.34. The maximum Gasteiger partial charge on any atom is 0.164 e. The number of Topliss-reactive ketones (excluding diaryl/α,β-unsaturated/α-hetero) is 1. The highest BCUT2D eigenvalue weighted by Gasteiger charge is 2.03. The second-order valence-corrected chi connectivity index (χ2v) is 2.42. The molecule has 3 heteroatoms. The summed E-state index contributed by atoms with van der Waals surface area (Å²) in [5.74, 6) is 0.164. The van der Waals surface area contributed by atoms with Gasteiger partial charge in [0.15, 0.2) is 5.78 Å². The van der Waals surface area contributed by atoms with Crippen molar-refractivity contribution in [1.82, 2.24) is 4.98 Å². The zero-order valence-corrected chi connectivity index (χ0v) is 6.34. The topological polar surface area (TPSA) is 58.9 Å². The van der Waals surface area contributed by atoms with E-state index in [1.807, 2.05) is 0 Å². The molecule has 0 saturated heterocycles. The molecule has 1 rings (SSSR count). The molecule has 0 bridgehead atoms. The molecule has 0 saturated carbocycles. The van der Waals surface area contributed by atoms with E-state index >= 15 is 0 Å². The Morgan fingerprint density at radius 3 is 3.00 bits per heavy atom. The molecule has 3 N–H and O–H groups in total. The smallest absolute Gasteiger partial charge is 0.164 e. The molecule has 0 amide bonds. The van der Waals surface area contributed by atoms with Gasteiger partial charge in [0.1, 0.15) is 0 Å². The van der Waals surface area contributed by atoms with E-state index in [-0.39, 0.29) is 5.78 Å². The molecule has 0 aliphatic rings. The summed E-state index contributed by atoms with van der Waals surface area (Å²) in [6, 6.07) is 1.78. The molecule has 0 fully saturated rings. The average Bonchev–Trinajstić information content (AvgIpc) is 2.52. The van der Waals surface area contributed by atoms with Gasteiger partial charge in [-0.1, -0.05) is 0 Å². The first kappa shape index (κ1) is 8.01.